The second kappa shape index (κ2) is 12.2. The summed E-state index contributed by atoms with van der Waals surface area (Å²) < 4.78 is 91.8. The number of hydrogen-bond acceptors (Lipinski definition) is 6. The van der Waals surface area contributed by atoms with Crippen LogP contribution in [-0.4, -0.2) is 72.4 Å². The van der Waals surface area contributed by atoms with Crippen LogP contribution < -0.4 is 4.31 Å². The normalized spacial score (nSPS) is 19.3. The number of nitrogens with zero attached hydrogens (tertiary/aromatic N) is 3. The van der Waals surface area contributed by atoms with Crippen molar-refractivity contribution in [3.05, 3.63) is 59.9 Å². The van der Waals surface area contributed by atoms with Crippen LogP contribution in [0.2, 0.25) is 0 Å². The molecule has 0 radical (unpaired) electrons. The maximum absolute atomic E-state index is 13.7. The molecule has 1 aromatic carbocycles. The SMILES string of the molecule is O=C(O)C(F)(F)F.O=C(O)C(F)(F)F.O=S1(=O)N(CC2CC2)c2ccccc2C12CCN(Cc1ccccn1)CC2. The summed E-state index contributed by atoms with van der Waals surface area (Å²) in [5.74, 6) is -4.98. The molecule has 2 aromatic rings. The third-order valence-electron chi connectivity index (χ3n) is 6.83. The number of anilines is 1. The molecule has 2 fully saturated rings. The molecule has 1 spiro atoms. The zero-order valence-corrected chi connectivity index (χ0v) is 22.2. The largest absolute Gasteiger partial charge is 0.490 e. The number of fused-ring (bicyclic) bond motifs is 2. The van der Waals surface area contributed by atoms with Crippen LogP contribution in [-0.2, 0) is 30.9 Å². The van der Waals surface area contributed by atoms with Crippen LogP contribution >= 0.6 is 0 Å². The molecule has 9 nitrogen and oxygen atoms in total. The number of rotatable bonds is 4. The lowest BCUT2D eigenvalue weighted by Gasteiger charge is -2.39. The Balaban J connectivity index is 0.000000276. The smallest absolute Gasteiger partial charge is 0.475 e. The Morgan fingerprint density at radius 3 is 1.88 bits per heavy atom. The number of carbonyl (C=O) groups is 2. The van der Waals surface area contributed by atoms with Crippen LogP contribution in [0.1, 0.15) is 36.9 Å². The monoisotopic (exact) mass is 611 g/mol. The molecule has 0 bridgehead atoms. The van der Waals surface area contributed by atoms with Crippen LogP contribution in [0.25, 0.3) is 0 Å². The Morgan fingerprint density at radius 1 is 0.902 bits per heavy atom. The lowest BCUT2D eigenvalue weighted by atomic mass is 9.87. The Hall–Kier alpha value is -3.40. The number of piperidine rings is 1. The quantitative estimate of drug-likeness (QED) is 0.487. The summed E-state index contributed by atoms with van der Waals surface area (Å²) in [4.78, 5) is 24.5. The standard InChI is InChI=1S/C21H25N3O2S.2C2HF3O2/c25-27(26)21(10-13-23(14-11-21)16-18-5-3-4-12-22-18)19-6-1-2-7-20(19)24(27)15-17-8-9-17;2*3-2(4,5)1(6)7/h1-7,12,17H,8-11,13-16H2;2*(H,6,7). The number of para-hydroxylation sites is 1. The van der Waals surface area contributed by atoms with Crippen molar-refractivity contribution in [1.29, 1.82) is 0 Å². The van der Waals surface area contributed by atoms with Crippen LogP contribution in [0.5, 0.6) is 0 Å². The van der Waals surface area contributed by atoms with E-state index in [9.17, 15) is 34.8 Å². The molecule has 41 heavy (non-hydrogen) atoms. The van der Waals surface area contributed by atoms with E-state index in [0.29, 0.717) is 25.3 Å². The molecule has 0 atom stereocenters. The fourth-order valence-electron chi connectivity index (χ4n) is 4.61. The van der Waals surface area contributed by atoms with Gasteiger partial charge in [0.25, 0.3) is 0 Å². The summed E-state index contributed by atoms with van der Waals surface area (Å²) >= 11 is 0. The molecule has 226 valence electrons. The Kier molecular flexibility index (Phi) is 9.58. The highest BCUT2D eigenvalue weighted by Crippen LogP contribution is 2.53. The first kappa shape index (κ1) is 32.1. The maximum atomic E-state index is 13.7. The van der Waals surface area contributed by atoms with Gasteiger partial charge in [0.15, 0.2) is 0 Å². The minimum absolute atomic E-state index is 0.534. The van der Waals surface area contributed by atoms with Crippen LogP contribution in [0.3, 0.4) is 0 Å². The van der Waals surface area contributed by atoms with Crippen molar-refractivity contribution in [1.82, 2.24) is 9.88 Å². The van der Waals surface area contributed by atoms with Gasteiger partial charge < -0.3 is 10.2 Å². The summed E-state index contributed by atoms with van der Waals surface area (Å²) in [5.41, 5.74) is 2.98. The van der Waals surface area contributed by atoms with Gasteiger partial charge in [-0.2, -0.15) is 26.3 Å². The summed E-state index contributed by atoms with van der Waals surface area (Å²) in [5, 5.41) is 14.2. The lowest BCUT2D eigenvalue weighted by molar-refractivity contribution is -0.193. The summed E-state index contributed by atoms with van der Waals surface area (Å²) in [6.45, 7) is 2.99. The van der Waals surface area contributed by atoms with Crippen LogP contribution in [0.15, 0.2) is 48.7 Å². The van der Waals surface area contributed by atoms with Crippen molar-refractivity contribution in [2.45, 2.75) is 49.3 Å². The molecule has 5 rings (SSSR count). The Labute approximate surface area is 231 Å². The Bertz CT molecular complexity index is 1300. The lowest BCUT2D eigenvalue weighted by Crippen LogP contribution is -2.48. The molecular formula is C25H27F6N3O6S. The van der Waals surface area contributed by atoms with E-state index in [1.807, 2.05) is 48.7 Å². The van der Waals surface area contributed by atoms with Gasteiger partial charge in [-0.15, -0.1) is 0 Å². The number of sulfonamides is 1. The number of hydrogen-bond donors (Lipinski definition) is 2. The highest BCUT2D eigenvalue weighted by molar-refractivity contribution is 7.94. The predicted molar refractivity (Wildman–Crippen MR) is 133 cm³/mol. The maximum Gasteiger partial charge on any atom is 0.490 e. The van der Waals surface area contributed by atoms with Gasteiger partial charge in [-0.25, -0.2) is 18.0 Å². The number of carboxylic acid groups (broad SMARTS) is 2. The van der Waals surface area contributed by atoms with E-state index in [2.05, 4.69) is 9.88 Å². The van der Waals surface area contributed by atoms with Crippen molar-refractivity contribution in [3.63, 3.8) is 0 Å². The third-order valence-corrected chi connectivity index (χ3v) is 9.37. The van der Waals surface area contributed by atoms with Gasteiger partial charge in [-0.1, -0.05) is 24.3 Å². The molecule has 0 unspecified atom stereocenters. The number of carboxylic acids is 2. The molecule has 2 N–H and O–H groups in total. The van der Waals surface area contributed by atoms with Crippen molar-refractivity contribution in [3.8, 4) is 0 Å². The average Bonchev–Trinajstić information content (AvgIpc) is 3.70. The number of pyridine rings is 1. The summed E-state index contributed by atoms with van der Waals surface area (Å²) in [6, 6.07) is 13.9. The van der Waals surface area contributed by atoms with Crippen molar-refractivity contribution < 1.29 is 54.6 Å². The fraction of sp³-hybridized carbons (Fsp3) is 0.480. The number of likely N-dealkylation sites (tertiary alicyclic amines) is 1. The van der Waals surface area contributed by atoms with Crippen molar-refractivity contribution in [2.75, 3.05) is 23.9 Å². The van der Waals surface area contributed by atoms with Crippen LogP contribution in [0, 0.1) is 5.92 Å². The van der Waals surface area contributed by atoms with Crippen molar-refractivity contribution >= 4 is 27.6 Å². The molecule has 1 saturated heterocycles. The second-order valence-electron chi connectivity index (χ2n) is 9.69. The average molecular weight is 612 g/mol. The first-order chi connectivity index (χ1) is 19.0. The highest BCUT2D eigenvalue weighted by atomic mass is 32.2. The van der Waals surface area contributed by atoms with E-state index >= 15 is 0 Å². The van der Waals surface area contributed by atoms with E-state index in [4.69, 9.17) is 19.8 Å². The zero-order valence-electron chi connectivity index (χ0n) is 21.4. The van der Waals surface area contributed by atoms with Gasteiger partial charge in [0.05, 0.1) is 11.4 Å². The second-order valence-corrected chi connectivity index (χ2v) is 11.9. The third kappa shape index (κ3) is 7.67. The summed E-state index contributed by atoms with van der Waals surface area (Å²) in [7, 11) is -3.37. The predicted octanol–water partition coefficient (Wildman–Crippen LogP) is 4.40. The number of aliphatic carboxylic acids is 2. The van der Waals surface area contributed by atoms with E-state index < -0.39 is 39.1 Å². The van der Waals surface area contributed by atoms with Crippen molar-refractivity contribution in [2.24, 2.45) is 5.92 Å². The molecule has 2 aliphatic heterocycles. The van der Waals surface area contributed by atoms with E-state index in [0.717, 1.165) is 49.4 Å². The van der Waals surface area contributed by atoms with E-state index in [1.54, 1.807) is 4.31 Å². The number of halogens is 6. The molecule has 1 saturated carbocycles. The molecule has 1 aromatic heterocycles. The number of aromatic nitrogens is 1. The van der Waals surface area contributed by atoms with Gasteiger partial charge in [0.1, 0.15) is 4.75 Å². The molecule has 0 amide bonds. The zero-order chi connectivity index (χ0) is 30.6. The summed E-state index contributed by atoms with van der Waals surface area (Å²) in [6.07, 6.45) is -4.74. The van der Waals surface area contributed by atoms with Gasteiger partial charge in [-0.3, -0.25) is 14.2 Å². The van der Waals surface area contributed by atoms with Gasteiger partial charge in [-0.05, 0) is 55.4 Å². The number of alkyl halides is 6. The van der Waals surface area contributed by atoms with E-state index in [1.165, 1.54) is 0 Å². The minimum Gasteiger partial charge on any atom is -0.475 e. The molecule has 3 heterocycles. The highest BCUT2D eigenvalue weighted by Gasteiger charge is 2.57. The Morgan fingerprint density at radius 2 is 1.41 bits per heavy atom. The fourth-order valence-corrected chi connectivity index (χ4v) is 7.00. The topological polar surface area (TPSA) is 128 Å². The minimum atomic E-state index is -5.08. The molecule has 1 aliphatic carbocycles. The first-order valence-electron chi connectivity index (χ1n) is 12.3. The van der Waals surface area contributed by atoms with Gasteiger partial charge >= 0.3 is 24.3 Å². The molecule has 16 heteroatoms. The van der Waals surface area contributed by atoms with Gasteiger partial charge in [0.2, 0.25) is 10.0 Å². The van der Waals surface area contributed by atoms with Gasteiger partial charge in [0, 0.05) is 32.4 Å². The first-order valence-corrected chi connectivity index (χ1v) is 13.8. The molecule has 3 aliphatic rings. The molecular weight excluding hydrogens is 584 g/mol. The number of benzene rings is 1. The van der Waals surface area contributed by atoms with Crippen LogP contribution in [0.4, 0.5) is 32.0 Å². The van der Waals surface area contributed by atoms with E-state index in [-0.39, 0.29) is 0 Å².